The SMILES string of the molecule is C=CCOc1ccc(F)cc1C(C)=O. The number of ketones is 1. The predicted octanol–water partition coefficient (Wildman–Crippen LogP) is 2.59. The first-order chi connectivity index (χ1) is 6.65. The zero-order valence-corrected chi connectivity index (χ0v) is 7.92. The number of benzene rings is 1. The van der Waals surface area contributed by atoms with E-state index in [0.29, 0.717) is 12.4 Å². The minimum absolute atomic E-state index is 0.219. The van der Waals surface area contributed by atoms with Crippen LogP contribution in [0.3, 0.4) is 0 Å². The highest BCUT2D eigenvalue weighted by Gasteiger charge is 2.08. The average Bonchev–Trinajstić information content (AvgIpc) is 2.15. The van der Waals surface area contributed by atoms with Crippen molar-refractivity contribution < 1.29 is 13.9 Å². The maximum absolute atomic E-state index is 12.8. The Balaban J connectivity index is 3.01. The van der Waals surface area contributed by atoms with E-state index in [1.165, 1.54) is 25.1 Å². The molecule has 0 unspecified atom stereocenters. The molecular weight excluding hydrogens is 183 g/mol. The van der Waals surface area contributed by atoms with Gasteiger partial charge in [0.05, 0.1) is 5.56 Å². The summed E-state index contributed by atoms with van der Waals surface area (Å²) in [5.41, 5.74) is 0.256. The summed E-state index contributed by atoms with van der Waals surface area (Å²) in [5, 5.41) is 0. The number of Topliss-reactive ketones (excluding diaryl/α,β-unsaturated/α-hetero) is 1. The second-order valence-corrected chi connectivity index (χ2v) is 2.80. The van der Waals surface area contributed by atoms with E-state index < -0.39 is 5.82 Å². The van der Waals surface area contributed by atoms with Gasteiger partial charge in [-0.3, -0.25) is 4.79 Å². The normalized spacial score (nSPS) is 9.57. The fourth-order valence-corrected chi connectivity index (χ4v) is 1.05. The largest absolute Gasteiger partial charge is 0.489 e. The van der Waals surface area contributed by atoms with Gasteiger partial charge in [-0.25, -0.2) is 4.39 Å². The van der Waals surface area contributed by atoms with Crippen LogP contribution >= 0.6 is 0 Å². The van der Waals surface area contributed by atoms with Gasteiger partial charge in [-0.1, -0.05) is 12.7 Å². The Morgan fingerprint density at radius 2 is 2.36 bits per heavy atom. The van der Waals surface area contributed by atoms with E-state index in [-0.39, 0.29) is 11.3 Å². The fraction of sp³-hybridized carbons (Fsp3) is 0.182. The molecule has 1 aromatic carbocycles. The molecule has 0 saturated carbocycles. The van der Waals surface area contributed by atoms with E-state index >= 15 is 0 Å². The van der Waals surface area contributed by atoms with Crippen LogP contribution in [-0.4, -0.2) is 12.4 Å². The lowest BCUT2D eigenvalue weighted by atomic mass is 10.1. The molecule has 0 radical (unpaired) electrons. The molecule has 0 aliphatic carbocycles. The smallest absolute Gasteiger partial charge is 0.163 e. The summed E-state index contributed by atoms with van der Waals surface area (Å²) in [4.78, 5) is 11.1. The maximum atomic E-state index is 12.8. The molecule has 0 saturated heterocycles. The van der Waals surface area contributed by atoms with E-state index in [2.05, 4.69) is 6.58 Å². The lowest BCUT2D eigenvalue weighted by molar-refractivity contribution is 0.101. The highest BCUT2D eigenvalue weighted by Crippen LogP contribution is 2.20. The highest BCUT2D eigenvalue weighted by molar-refractivity contribution is 5.96. The van der Waals surface area contributed by atoms with E-state index in [4.69, 9.17) is 4.74 Å². The van der Waals surface area contributed by atoms with Crippen molar-refractivity contribution in [3.05, 3.63) is 42.2 Å². The molecule has 0 atom stereocenters. The number of hydrogen-bond donors (Lipinski definition) is 0. The Hall–Kier alpha value is -1.64. The zero-order chi connectivity index (χ0) is 10.6. The number of halogens is 1. The van der Waals surface area contributed by atoms with Crippen molar-refractivity contribution in [3.8, 4) is 5.75 Å². The van der Waals surface area contributed by atoms with Crippen LogP contribution in [0, 0.1) is 5.82 Å². The summed E-state index contributed by atoms with van der Waals surface area (Å²) in [6.07, 6.45) is 1.56. The van der Waals surface area contributed by atoms with Crippen molar-refractivity contribution in [2.75, 3.05) is 6.61 Å². The second-order valence-electron chi connectivity index (χ2n) is 2.80. The Kier molecular flexibility index (Phi) is 3.40. The van der Waals surface area contributed by atoms with Gasteiger partial charge in [0, 0.05) is 0 Å². The van der Waals surface area contributed by atoms with Crippen LogP contribution in [0.4, 0.5) is 4.39 Å². The van der Waals surface area contributed by atoms with Gasteiger partial charge in [0.2, 0.25) is 0 Å². The van der Waals surface area contributed by atoms with E-state index in [0.717, 1.165) is 0 Å². The molecular formula is C11H11FO2. The van der Waals surface area contributed by atoms with Crippen molar-refractivity contribution >= 4 is 5.78 Å². The van der Waals surface area contributed by atoms with E-state index in [1.807, 2.05) is 0 Å². The van der Waals surface area contributed by atoms with Gasteiger partial charge in [0.25, 0.3) is 0 Å². The molecule has 0 aliphatic rings. The Morgan fingerprint density at radius 1 is 1.64 bits per heavy atom. The standard InChI is InChI=1S/C11H11FO2/c1-3-6-14-11-5-4-9(12)7-10(11)8(2)13/h3-5,7H,1,6H2,2H3. The molecule has 2 nitrogen and oxygen atoms in total. The molecule has 0 amide bonds. The minimum Gasteiger partial charge on any atom is -0.489 e. The molecule has 0 bridgehead atoms. The zero-order valence-electron chi connectivity index (χ0n) is 7.92. The molecule has 0 N–H and O–H groups in total. The van der Waals surface area contributed by atoms with Crippen molar-refractivity contribution in [1.29, 1.82) is 0 Å². The molecule has 0 fully saturated rings. The molecule has 3 heteroatoms. The number of rotatable bonds is 4. The van der Waals surface area contributed by atoms with Crippen molar-refractivity contribution in [1.82, 2.24) is 0 Å². The third-order valence-electron chi connectivity index (χ3n) is 1.68. The first kappa shape index (κ1) is 10.4. The summed E-state index contributed by atoms with van der Waals surface area (Å²) < 4.78 is 18.0. The molecule has 74 valence electrons. The van der Waals surface area contributed by atoms with Crippen molar-refractivity contribution in [2.45, 2.75) is 6.92 Å². The minimum atomic E-state index is -0.443. The predicted molar refractivity (Wildman–Crippen MR) is 52.1 cm³/mol. The van der Waals surface area contributed by atoms with Crippen molar-refractivity contribution in [2.24, 2.45) is 0 Å². The van der Waals surface area contributed by atoms with Crippen LogP contribution in [-0.2, 0) is 0 Å². The number of hydrogen-bond acceptors (Lipinski definition) is 2. The number of carbonyl (C=O) groups is 1. The van der Waals surface area contributed by atoms with Gasteiger partial charge < -0.3 is 4.74 Å². The fourth-order valence-electron chi connectivity index (χ4n) is 1.05. The molecule has 0 heterocycles. The summed E-state index contributed by atoms with van der Waals surface area (Å²) in [6.45, 7) is 5.15. The van der Waals surface area contributed by atoms with Crippen LogP contribution in [0.15, 0.2) is 30.9 Å². The topological polar surface area (TPSA) is 26.3 Å². The summed E-state index contributed by atoms with van der Waals surface area (Å²) >= 11 is 0. The van der Waals surface area contributed by atoms with Crippen LogP contribution < -0.4 is 4.74 Å². The van der Waals surface area contributed by atoms with Crippen LogP contribution in [0.25, 0.3) is 0 Å². The van der Waals surface area contributed by atoms with Gasteiger partial charge in [-0.2, -0.15) is 0 Å². The lowest BCUT2D eigenvalue weighted by Crippen LogP contribution is -2.01. The Morgan fingerprint density at radius 3 is 2.93 bits per heavy atom. The molecule has 1 aromatic rings. The first-order valence-corrected chi connectivity index (χ1v) is 4.19. The van der Waals surface area contributed by atoms with Crippen LogP contribution in [0.5, 0.6) is 5.75 Å². The second kappa shape index (κ2) is 4.56. The molecule has 0 spiro atoms. The number of carbonyl (C=O) groups excluding carboxylic acids is 1. The lowest BCUT2D eigenvalue weighted by Gasteiger charge is -2.07. The monoisotopic (exact) mass is 194 g/mol. The van der Waals surface area contributed by atoms with Gasteiger partial charge >= 0.3 is 0 Å². The molecule has 0 aromatic heterocycles. The highest BCUT2D eigenvalue weighted by atomic mass is 19.1. The van der Waals surface area contributed by atoms with Gasteiger partial charge in [0.15, 0.2) is 5.78 Å². The summed E-state index contributed by atoms with van der Waals surface area (Å²) in [7, 11) is 0. The quantitative estimate of drug-likeness (QED) is 0.544. The average molecular weight is 194 g/mol. The van der Waals surface area contributed by atoms with Gasteiger partial charge in [0.1, 0.15) is 18.2 Å². The third-order valence-corrected chi connectivity index (χ3v) is 1.68. The first-order valence-electron chi connectivity index (χ1n) is 4.19. The maximum Gasteiger partial charge on any atom is 0.163 e. The van der Waals surface area contributed by atoms with Crippen molar-refractivity contribution in [3.63, 3.8) is 0 Å². The Labute approximate surface area is 82.0 Å². The van der Waals surface area contributed by atoms with Gasteiger partial charge in [-0.15, -0.1) is 0 Å². The molecule has 0 aliphatic heterocycles. The molecule has 14 heavy (non-hydrogen) atoms. The molecule has 1 rings (SSSR count). The number of ether oxygens (including phenoxy) is 1. The third kappa shape index (κ3) is 2.42. The van der Waals surface area contributed by atoms with Gasteiger partial charge in [-0.05, 0) is 25.1 Å². The Bertz CT molecular complexity index is 358. The summed E-state index contributed by atoms with van der Waals surface area (Å²) in [6, 6.07) is 3.86. The van der Waals surface area contributed by atoms with E-state index in [9.17, 15) is 9.18 Å². The van der Waals surface area contributed by atoms with E-state index in [1.54, 1.807) is 6.08 Å². The van der Waals surface area contributed by atoms with Crippen LogP contribution in [0.1, 0.15) is 17.3 Å². The summed E-state index contributed by atoms with van der Waals surface area (Å²) in [5.74, 6) is -0.275. The van der Waals surface area contributed by atoms with Crippen LogP contribution in [0.2, 0.25) is 0 Å².